The van der Waals surface area contributed by atoms with Crippen LogP contribution in [0.5, 0.6) is 0 Å². The van der Waals surface area contributed by atoms with Crippen molar-refractivity contribution in [2.75, 3.05) is 18.4 Å². The van der Waals surface area contributed by atoms with Gasteiger partial charge in [0.1, 0.15) is 5.82 Å². The van der Waals surface area contributed by atoms with Crippen LogP contribution < -0.4 is 16.2 Å². The molecule has 1 aliphatic rings. The first-order valence-electron chi connectivity index (χ1n) is 5.10. The van der Waals surface area contributed by atoms with Crippen LogP contribution >= 0.6 is 0 Å². The molecule has 4 nitrogen and oxygen atoms in total. The van der Waals surface area contributed by atoms with E-state index in [1.807, 2.05) is 0 Å². The lowest BCUT2D eigenvalue weighted by molar-refractivity contribution is 0.508. The smallest absolute Gasteiger partial charge is 0.214 e. The number of pyridine rings is 1. The minimum Gasteiger partial charge on any atom is -0.370 e. The lowest BCUT2D eigenvalue weighted by Gasteiger charge is -2.14. The average Bonchev–Trinajstić information content (AvgIpc) is 2.61. The van der Waals surface area contributed by atoms with Gasteiger partial charge < -0.3 is 5.32 Å². The zero-order valence-electron chi connectivity index (χ0n) is 8.63. The standard InChI is InChI=1S/C10H15FN4/c1-7-8(6-13-15-7)5-12-10-4-2-3-9(11)14-10/h2-4,7-8,13,15H,5-6H2,1H3,(H,12,14). The molecule has 2 heterocycles. The first kappa shape index (κ1) is 10.3. The Balaban J connectivity index is 1.87. The molecule has 2 atom stereocenters. The Hall–Kier alpha value is -1.20. The van der Waals surface area contributed by atoms with Crippen molar-refractivity contribution in [2.45, 2.75) is 13.0 Å². The molecule has 1 aliphatic heterocycles. The third kappa shape index (κ3) is 2.64. The van der Waals surface area contributed by atoms with Crippen molar-refractivity contribution in [3.8, 4) is 0 Å². The Morgan fingerprint density at radius 2 is 2.47 bits per heavy atom. The second-order valence-electron chi connectivity index (χ2n) is 3.80. The summed E-state index contributed by atoms with van der Waals surface area (Å²) in [5, 5.41) is 3.13. The van der Waals surface area contributed by atoms with Crippen LogP contribution in [-0.2, 0) is 0 Å². The van der Waals surface area contributed by atoms with Crippen LogP contribution in [0, 0.1) is 11.9 Å². The maximum Gasteiger partial charge on any atom is 0.214 e. The van der Waals surface area contributed by atoms with Crippen molar-refractivity contribution in [1.29, 1.82) is 0 Å². The second kappa shape index (κ2) is 4.55. The summed E-state index contributed by atoms with van der Waals surface area (Å²) in [5.74, 6) is 0.639. The Morgan fingerprint density at radius 1 is 1.60 bits per heavy atom. The van der Waals surface area contributed by atoms with Crippen LogP contribution in [0.15, 0.2) is 18.2 Å². The summed E-state index contributed by atoms with van der Waals surface area (Å²) in [6.45, 7) is 3.83. The van der Waals surface area contributed by atoms with E-state index in [0.29, 0.717) is 17.8 Å². The van der Waals surface area contributed by atoms with Crippen LogP contribution in [0.4, 0.5) is 10.2 Å². The van der Waals surface area contributed by atoms with Crippen molar-refractivity contribution >= 4 is 5.82 Å². The lowest BCUT2D eigenvalue weighted by Crippen LogP contribution is -2.30. The molecule has 1 aromatic heterocycles. The summed E-state index contributed by atoms with van der Waals surface area (Å²) in [4.78, 5) is 3.74. The van der Waals surface area contributed by atoms with Gasteiger partial charge in [0.05, 0.1) is 0 Å². The average molecular weight is 210 g/mol. The van der Waals surface area contributed by atoms with Crippen molar-refractivity contribution in [3.63, 3.8) is 0 Å². The maximum absolute atomic E-state index is 12.8. The fraction of sp³-hybridized carbons (Fsp3) is 0.500. The molecule has 1 aromatic rings. The van der Waals surface area contributed by atoms with Crippen molar-refractivity contribution in [3.05, 3.63) is 24.1 Å². The SMILES string of the molecule is CC1NNCC1CNc1cccc(F)n1. The molecule has 1 fully saturated rings. The van der Waals surface area contributed by atoms with E-state index >= 15 is 0 Å². The van der Waals surface area contributed by atoms with Gasteiger partial charge in [-0.2, -0.15) is 4.39 Å². The van der Waals surface area contributed by atoms with Gasteiger partial charge in [-0.25, -0.2) is 4.98 Å². The summed E-state index contributed by atoms with van der Waals surface area (Å²) in [6.07, 6.45) is 0. The Kier molecular flexibility index (Phi) is 3.13. The zero-order chi connectivity index (χ0) is 10.7. The van der Waals surface area contributed by atoms with Crippen LogP contribution in [0.2, 0.25) is 0 Å². The van der Waals surface area contributed by atoms with E-state index in [0.717, 1.165) is 13.1 Å². The number of aromatic nitrogens is 1. The number of nitrogens with one attached hydrogen (secondary N) is 3. The molecule has 0 bridgehead atoms. The predicted molar refractivity (Wildman–Crippen MR) is 56.8 cm³/mol. The van der Waals surface area contributed by atoms with Crippen molar-refractivity contribution in [1.82, 2.24) is 15.8 Å². The van der Waals surface area contributed by atoms with Gasteiger partial charge in [-0.05, 0) is 19.1 Å². The number of halogens is 1. The van der Waals surface area contributed by atoms with E-state index in [1.54, 1.807) is 12.1 Å². The van der Waals surface area contributed by atoms with Gasteiger partial charge in [0.15, 0.2) is 0 Å². The Labute approximate surface area is 88.3 Å². The predicted octanol–water partition coefficient (Wildman–Crippen LogP) is 0.745. The quantitative estimate of drug-likeness (QED) is 0.644. The van der Waals surface area contributed by atoms with Crippen LogP contribution in [0.1, 0.15) is 6.92 Å². The molecule has 0 aliphatic carbocycles. The molecule has 0 saturated carbocycles. The summed E-state index contributed by atoms with van der Waals surface area (Å²) in [5.41, 5.74) is 6.22. The van der Waals surface area contributed by atoms with Gasteiger partial charge >= 0.3 is 0 Å². The molecule has 0 radical (unpaired) electrons. The fourth-order valence-corrected chi connectivity index (χ4v) is 1.64. The molecule has 2 unspecified atom stereocenters. The van der Waals surface area contributed by atoms with E-state index < -0.39 is 5.95 Å². The highest BCUT2D eigenvalue weighted by Crippen LogP contribution is 2.09. The van der Waals surface area contributed by atoms with E-state index in [2.05, 4.69) is 28.1 Å². The summed E-state index contributed by atoms with van der Waals surface area (Å²) < 4.78 is 12.8. The molecule has 0 spiro atoms. The lowest BCUT2D eigenvalue weighted by atomic mass is 10.0. The number of anilines is 1. The van der Waals surface area contributed by atoms with Gasteiger partial charge in [-0.1, -0.05) is 6.07 Å². The Morgan fingerprint density at radius 3 is 3.13 bits per heavy atom. The van der Waals surface area contributed by atoms with Crippen LogP contribution in [0.25, 0.3) is 0 Å². The highest BCUT2D eigenvalue weighted by atomic mass is 19.1. The van der Waals surface area contributed by atoms with Crippen molar-refractivity contribution < 1.29 is 4.39 Å². The topological polar surface area (TPSA) is 49.0 Å². The first-order chi connectivity index (χ1) is 7.25. The summed E-state index contributed by atoms with van der Waals surface area (Å²) in [7, 11) is 0. The molecule has 2 rings (SSSR count). The summed E-state index contributed by atoms with van der Waals surface area (Å²) in [6, 6.07) is 5.18. The maximum atomic E-state index is 12.8. The van der Waals surface area contributed by atoms with Crippen LogP contribution in [-0.4, -0.2) is 24.1 Å². The van der Waals surface area contributed by atoms with Crippen LogP contribution in [0.3, 0.4) is 0 Å². The first-order valence-corrected chi connectivity index (χ1v) is 5.10. The van der Waals surface area contributed by atoms with Gasteiger partial charge in [0, 0.05) is 25.0 Å². The highest BCUT2D eigenvalue weighted by Gasteiger charge is 2.22. The monoisotopic (exact) mass is 210 g/mol. The molecule has 82 valence electrons. The normalized spacial score (nSPS) is 25.5. The van der Waals surface area contributed by atoms with Crippen molar-refractivity contribution in [2.24, 2.45) is 5.92 Å². The third-order valence-electron chi connectivity index (χ3n) is 2.66. The van der Waals surface area contributed by atoms with Gasteiger partial charge in [-0.15, -0.1) is 0 Å². The second-order valence-corrected chi connectivity index (χ2v) is 3.80. The number of rotatable bonds is 3. The largest absolute Gasteiger partial charge is 0.370 e. The molecule has 0 aromatic carbocycles. The van der Waals surface area contributed by atoms with Gasteiger partial charge in [-0.3, -0.25) is 10.9 Å². The van der Waals surface area contributed by atoms with Gasteiger partial charge in [0.25, 0.3) is 0 Å². The number of hydrazine groups is 1. The summed E-state index contributed by atoms with van der Waals surface area (Å²) >= 11 is 0. The molecular formula is C10H15FN4. The fourth-order valence-electron chi connectivity index (χ4n) is 1.64. The minimum atomic E-state index is -0.448. The van der Waals surface area contributed by atoms with E-state index in [-0.39, 0.29) is 0 Å². The molecule has 1 saturated heterocycles. The number of hydrogen-bond acceptors (Lipinski definition) is 4. The minimum absolute atomic E-state index is 0.422. The molecule has 3 N–H and O–H groups in total. The zero-order valence-corrected chi connectivity index (χ0v) is 8.63. The number of hydrogen-bond donors (Lipinski definition) is 3. The number of nitrogens with zero attached hydrogens (tertiary/aromatic N) is 1. The molecule has 5 heteroatoms. The van der Waals surface area contributed by atoms with E-state index in [4.69, 9.17) is 0 Å². The Bertz CT molecular complexity index is 331. The molecule has 15 heavy (non-hydrogen) atoms. The molecular weight excluding hydrogens is 195 g/mol. The van der Waals surface area contributed by atoms with Gasteiger partial charge in [0.2, 0.25) is 5.95 Å². The van der Waals surface area contributed by atoms with E-state index in [9.17, 15) is 4.39 Å². The highest BCUT2D eigenvalue weighted by molar-refractivity contribution is 5.33. The third-order valence-corrected chi connectivity index (χ3v) is 2.66. The van der Waals surface area contributed by atoms with E-state index in [1.165, 1.54) is 6.07 Å². The molecule has 0 amide bonds.